The summed E-state index contributed by atoms with van der Waals surface area (Å²) < 4.78 is 6.27. The molecule has 0 aliphatic carbocycles. The van der Waals surface area contributed by atoms with Crippen LogP contribution >= 0.6 is 0 Å². The number of carbonyl (C=O) groups excluding carboxylic acids is 2. The molecule has 0 fully saturated rings. The van der Waals surface area contributed by atoms with Gasteiger partial charge in [-0.15, -0.1) is 0 Å². The van der Waals surface area contributed by atoms with Gasteiger partial charge in [0.05, 0.1) is 32.2 Å². The topological polar surface area (TPSA) is 99.1 Å². The molecule has 9 heteroatoms. The largest absolute Gasteiger partial charge is 0.472 e. The van der Waals surface area contributed by atoms with Crippen molar-refractivity contribution in [2.24, 2.45) is 5.92 Å². The van der Waals surface area contributed by atoms with E-state index in [-0.39, 0.29) is 42.7 Å². The fourth-order valence-corrected chi connectivity index (χ4v) is 3.87. The van der Waals surface area contributed by atoms with Gasteiger partial charge in [-0.1, -0.05) is 18.8 Å². The summed E-state index contributed by atoms with van der Waals surface area (Å²) in [7, 11) is 5.60. The molecule has 0 bridgehead atoms. The number of hydrogen-bond acceptors (Lipinski definition) is 7. The van der Waals surface area contributed by atoms with Crippen LogP contribution in [0.25, 0.3) is 0 Å². The summed E-state index contributed by atoms with van der Waals surface area (Å²) in [4.78, 5) is 40.0. The molecule has 3 atom stereocenters. The van der Waals surface area contributed by atoms with Crippen LogP contribution < -0.4 is 4.74 Å². The van der Waals surface area contributed by atoms with Crippen LogP contribution in [-0.4, -0.2) is 101 Å². The Bertz CT molecular complexity index is 1110. The Morgan fingerprint density at radius 3 is 2.69 bits per heavy atom. The van der Waals surface area contributed by atoms with Crippen molar-refractivity contribution in [2.45, 2.75) is 32.4 Å². The van der Waals surface area contributed by atoms with Gasteiger partial charge in [0.1, 0.15) is 11.7 Å². The molecule has 1 N–H and O–H groups in total. The van der Waals surface area contributed by atoms with Crippen molar-refractivity contribution < 1.29 is 19.4 Å². The second kappa shape index (κ2) is 12.5. The van der Waals surface area contributed by atoms with Crippen LogP contribution in [0.15, 0.2) is 36.8 Å². The Morgan fingerprint density at radius 2 is 2.03 bits per heavy atom. The summed E-state index contributed by atoms with van der Waals surface area (Å²) in [6, 6.07) is 4.94. The summed E-state index contributed by atoms with van der Waals surface area (Å²) in [5, 5.41) is 9.82. The van der Waals surface area contributed by atoms with Gasteiger partial charge in [0.2, 0.25) is 11.8 Å². The smallest absolute Gasteiger partial charge is 0.259 e. The first-order valence-electron chi connectivity index (χ1n) is 12.0. The van der Waals surface area contributed by atoms with Gasteiger partial charge in [0.15, 0.2) is 0 Å². The second-order valence-corrected chi connectivity index (χ2v) is 9.55. The van der Waals surface area contributed by atoms with Gasteiger partial charge in [-0.3, -0.25) is 19.5 Å². The molecular weight excluding hydrogens is 458 g/mol. The highest BCUT2D eigenvalue weighted by Crippen LogP contribution is 2.27. The highest BCUT2D eigenvalue weighted by molar-refractivity contribution is 5.97. The molecule has 2 amide bonds. The molecule has 0 spiro atoms. The van der Waals surface area contributed by atoms with Crippen LogP contribution in [0.2, 0.25) is 0 Å². The number of ether oxygens (including phenoxy) is 1. The van der Waals surface area contributed by atoms with Crippen molar-refractivity contribution >= 4 is 11.8 Å². The monoisotopic (exact) mass is 493 g/mol. The molecule has 0 radical (unpaired) electrons. The molecule has 9 nitrogen and oxygen atoms in total. The van der Waals surface area contributed by atoms with E-state index in [0.717, 1.165) is 5.56 Å². The maximum atomic E-state index is 13.5. The summed E-state index contributed by atoms with van der Waals surface area (Å²) in [5.41, 5.74) is 1.80. The normalized spacial score (nSPS) is 18.3. The Kier molecular flexibility index (Phi) is 9.39. The first-order chi connectivity index (χ1) is 17.2. The van der Waals surface area contributed by atoms with Crippen molar-refractivity contribution in [2.75, 3.05) is 47.4 Å². The van der Waals surface area contributed by atoms with Crippen LogP contribution in [0.1, 0.15) is 35.3 Å². The van der Waals surface area contributed by atoms with Crippen LogP contribution in [0.3, 0.4) is 0 Å². The average Bonchev–Trinajstić information content (AvgIpc) is 2.86. The van der Waals surface area contributed by atoms with E-state index >= 15 is 0 Å². The van der Waals surface area contributed by atoms with Crippen LogP contribution in [0.5, 0.6) is 5.88 Å². The third kappa shape index (κ3) is 7.03. The molecule has 2 aromatic rings. The van der Waals surface area contributed by atoms with E-state index in [4.69, 9.17) is 4.74 Å². The predicted molar refractivity (Wildman–Crippen MR) is 136 cm³/mol. The molecule has 3 heterocycles. The molecule has 0 saturated heterocycles. The van der Waals surface area contributed by atoms with Crippen LogP contribution in [0.4, 0.5) is 0 Å². The zero-order valence-corrected chi connectivity index (χ0v) is 21.6. The number of aromatic nitrogens is 2. The predicted octanol–water partition coefficient (Wildman–Crippen LogP) is 1.31. The maximum Gasteiger partial charge on any atom is 0.259 e. The molecule has 0 unspecified atom stereocenters. The minimum absolute atomic E-state index is 0.0459. The van der Waals surface area contributed by atoms with Gasteiger partial charge in [0, 0.05) is 43.7 Å². The summed E-state index contributed by atoms with van der Waals surface area (Å²) in [6.45, 7) is 4.89. The van der Waals surface area contributed by atoms with Crippen LogP contribution in [0, 0.1) is 17.8 Å². The van der Waals surface area contributed by atoms with Crippen molar-refractivity contribution in [1.29, 1.82) is 0 Å². The SMILES string of the molecule is C[C@@H]1CN([C@@H](C)CO)C(=O)c2cc(C#CCN(C)C)cnc2O[C@@H]1CN(C)C(=O)Cc1ccncc1. The number of nitrogens with zero attached hydrogens (tertiary/aromatic N) is 5. The quantitative estimate of drug-likeness (QED) is 0.581. The third-order valence-electron chi connectivity index (χ3n) is 6.13. The Hall–Kier alpha value is -3.48. The molecule has 1 aliphatic rings. The summed E-state index contributed by atoms with van der Waals surface area (Å²) >= 11 is 0. The lowest BCUT2D eigenvalue weighted by Crippen LogP contribution is -2.50. The fraction of sp³-hybridized carbons (Fsp3) is 0.481. The Labute approximate surface area is 213 Å². The third-order valence-corrected chi connectivity index (χ3v) is 6.13. The number of likely N-dealkylation sites (N-methyl/N-ethyl adjacent to an activating group) is 1. The van der Waals surface area contributed by atoms with Gasteiger partial charge < -0.3 is 19.6 Å². The standard InChI is InChI=1S/C27H35N5O4/c1-19-16-32(20(2)18-33)27(35)23-13-22(7-6-12-30(3)4)15-29-26(23)36-24(19)17-31(5)25(34)14-21-8-10-28-11-9-21/h8-11,13,15,19-20,24,33H,12,14,16-18H2,1-5H3/t19-,20+,24-/m1/s1. The van der Waals surface area contributed by atoms with Crippen LogP contribution in [-0.2, 0) is 11.2 Å². The van der Waals surface area contributed by atoms with E-state index in [9.17, 15) is 14.7 Å². The zero-order chi connectivity index (χ0) is 26.2. The van der Waals surface area contributed by atoms with E-state index in [1.807, 2.05) is 38.1 Å². The van der Waals surface area contributed by atoms with Crippen molar-refractivity contribution in [1.82, 2.24) is 24.7 Å². The molecule has 0 aromatic carbocycles. The minimum atomic E-state index is -0.408. The highest BCUT2D eigenvalue weighted by atomic mass is 16.5. The lowest BCUT2D eigenvalue weighted by molar-refractivity contribution is -0.130. The number of rotatable bonds is 7. The molecular formula is C27H35N5O4. The van der Waals surface area contributed by atoms with Crippen molar-refractivity contribution in [3.05, 3.63) is 53.5 Å². The van der Waals surface area contributed by atoms with E-state index in [1.54, 1.807) is 48.4 Å². The number of aliphatic hydroxyl groups excluding tert-OH is 1. The lowest BCUT2D eigenvalue weighted by atomic mass is 9.99. The lowest BCUT2D eigenvalue weighted by Gasteiger charge is -2.37. The summed E-state index contributed by atoms with van der Waals surface area (Å²) in [5.74, 6) is 5.88. The van der Waals surface area contributed by atoms with E-state index < -0.39 is 6.10 Å². The number of pyridine rings is 2. The number of aliphatic hydroxyl groups is 1. The van der Waals surface area contributed by atoms with E-state index in [0.29, 0.717) is 30.8 Å². The first-order valence-corrected chi connectivity index (χ1v) is 12.0. The fourth-order valence-electron chi connectivity index (χ4n) is 3.87. The number of hydrogen-bond donors (Lipinski definition) is 1. The molecule has 2 aromatic heterocycles. The molecule has 192 valence electrons. The van der Waals surface area contributed by atoms with E-state index in [1.165, 1.54) is 0 Å². The van der Waals surface area contributed by atoms with Gasteiger partial charge in [0.25, 0.3) is 5.91 Å². The van der Waals surface area contributed by atoms with Gasteiger partial charge >= 0.3 is 0 Å². The zero-order valence-electron chi connectivity index (χ0n) is 21.6. The Balaban J connectivity index is 1.87. The summed E-state index contributed by atoms with van der Waals surface area (Å²) in [6.07, 6.45) is 4.78. The van der Waals surface area contributed by atoms with Crippen molar-refractivity contribution in [3.8, 4) is 17.7 Å². The molecule has 1 aliphatic heterocycles. The van der Waals surface area contributed by atoms with Gasteiger partial charge in [-0.05, 0) is 44.8 Å². The van der Waals surface area contributed by atoms with Gasteiger partial charge in [-0.2, -0.15) is 0 Å². The number of amides is 2. The molecule has 3 rings (SSSR count). The molecule has 0 saturated carbocycles. The van der Waals surface area contributed by atoms with Crippen molar-refractivity contribution in [3.63, 3.8) is 0 Å². The highest BCUT2D eigenvalue weighted by Gasteiger charge is 2.34. The minimum Gasteiger partial charge on any atom is -0.472 e. The number of fused-ring (bicyclic) bond motifs is 1. The number of carbonyl (C=O) groups is 2. The first kappa shape index (κ1) is 27.1. The Morgan fingerprint density at radius 1 is 1.31 bits per heavy atom. The van der Waals surface area contributed by atoms with E-state index in [2.05, 4.69) is 21.8 Å². The molecule has 36 heavy (non-hydrogen) atoms. The maximum absolute atomic E-state index is 13.5. The second-order valence-electron chi connectivity index (χ2n) is 9.55. The average molecular weight is 494 g/mol. The van der Waals surface area contributed by atoms with Gasteiger partial charge in [-0.25, -0.2) is 4.98 Å².